The van der Waals surface area contributed by atoms with Crippen LogP contribution in [0.3, 0.4) is 0 Å². The molecule has 0 bridgehead atoms. The SMILES string of the molecule is CN1C(=O)[CH-]C1=O.[Y]. The number of carbonyl (C=O) groups excluding carboxylic acids is 2. The van der Waals surface area contributed by atoms with E-state index < -0.39 is 0 Å². The van der Waals surface area contributed by atoms with Crippen molar-refractivity contribution in [1.82, 2.24) is 4.90 Å². The fraction of sp³-hybridized carbons (Fsp3) is 0.250. The van der Waals surface area contributed by atoms with Crippen molar-refractivity contribution < 1.29 is 42.3 Å². The molecular weight excluding hydrogens is 183 g/mol. The summed E-state index contributed by atoms with van der Waals surface area (Å²) in [5, 5.41) is 0. The number of likely N-dealkylation sites (tertiary alicyclic amines) is 1. The summed E-state index contributed by atoms with van der Waals surface area (Å²) in [5.41, 5.74) is 0. The van der Waals surface area contributed by atoms with Crippen molar-refractivity contribution in [2.75, 3.05) is 7.05 Å². The summed E-state index contributed by atoms with van der Waals surface area (Å²) in [6.07, 6.45) is 1.06. The number of hydrogen-bond acceptors (Lipinski definition) is 2. The predicted octanol–water partition coefficient (Wildman–Crippen LogP) is -0.813. The van der Waals surface area contributed by atoms with Crippen molar-refractivity contribution >= 4 is 11.8 Å². The van der Waals surface area contributed by atoms with Gasteiger partial charge >= 0.3 is 0 Å². The molecule has 1 rings (SSSR count). The molecule has 0 aromatic rings. The van der Waals surface area contributed by atoms with Crippen molar-refractivity contribution in [2.45, 2.75) is 0 Å². The molecule has 0 atom stereocenters. The third-order valence-corrected chi connectivity index (χ3v) is 0.908. The molecule has 1 fully saturated rings. The van der Waals surface area contributed by atoms with Crippen LogP contribution in [0.5, 0.6) is 0 Å². The second-order valence-corrected chi connectivity index (χ2v) is 1.38. The van der Waals surface area contributed by atoms with Gasteiger partial charge in [0.1, 0.15) is 0 Å². The van der Waals surface area contributed by atoms with Gasteiger partial charge in [-0.15, -0.1) is 0 Å². The average molecular weight is 187 g/mol. The second kappa shape index (κ2) is 2.60. The second-order valence-electron chi connectivity index (χ2n) is 1.38. The van der Waals surface area contributed by atoms with Crippen molar-refractivity contribution in [3.63, 3.8) is 0 Å². The Bertz CT molecular complexity index is 120. The number of hydrogen-bond donors (Lipinski definition) is 0. The number of rotatable bonds is 0. The molecule has 3 nitrogen and oxygen atoms in total. The number of β-lactam (4-membered cyclic amide) rings is 2. The molecule has 0 aromatic heterocycles. The Balaban J connectivity index is 0.000000490. The molecule has 1 radical (unpaired) electrons. The van der Waals surface area contributed by atoms with E-state index in [1.807, 2.05) is 0 Å². The number of imide groups is 1. The molecule has 0 N–H and O–H groups in total. The molecule has 0 aromatic carbocycles. The standard InChI is InChI=1S/C4H4NO2.Y/c1-5-3(6)2-4(5)7;/h2H,1H3;/q-1;. The van der Waals surface area contributed by atoms with Crippen LogP contribution in [0.15, 0.2) is 0 Å². The van der Waals surface area contributed by atoms with Gasteiger partial charge in [0.15, 0.2) is 0 Å². The largest absolute Gasteiger partial charge is 0.335 e. The molecule has 1 aliphatic heterocycles. The van der Waals surface area contributed by atoms with Crippen LogP contribution in [0, 0.1) is 6.42 Å². The van der Waals surface area contributed by atoms with Gasteiger partial charge in [0.25, 0.3) is 0 Å². The van der Waals surface area contributed by atoms with Gasteiger partial charge in [-0.05, 0) is 0 Å². The minimum absolute atomic E-state index is 0. The number of amides is 2. The van der Waals surface area contributed by atoms with Gasteiger partial charge in [0, 0.05) is 39.8 Å². The summed E-state index contributed by atoms with van der Waals surface area (Å²) in [6.45, 7) is 0. The van der Waals surface area contributed by atoms with Gasteiger partial charge in [0.05, 0.1) is 11.8 Å². The predicted molar refractivity (Wildman–Crippen MR) is 22.1 cm³/mol. The summed E-state index contributed by atoms with van der Waals surface area (Å²) < 4.78 is 0. The first-order chi connectivity index (χ1) is 3.22. The quantitative estimate of drug-likeness (QED) is 0.367. The number of carbonyl (C=O) groups is 2. The first kappa shape index (κ1) is 8.11. The summed E-state index contributed by atoms with van der Waals surface area (Å²) in [4.78, 5) is 21.2. The molecule has 41 valence electrons. The van der Waals surface area contributed by atoms with Gasteiger partial charge in [0.2, 0.25) is 0 Å². The first-order valence-corrected chi connectivity index (χ1v) is 1.88. The van der Waals surface area contributed by atoms with Crippen molar-refractivity contribution in [1.29, 1.82) is 0 Å². The van der Waals surface area contributed by atoms with Crippen LogP contribution >= 0.6 is 0 Å². The number of nitrogens with zero attached hydrogens (tertiary/aromatic N) is 1. The molecule has 0 spiro atoms. The van der Waals surface area contributed by atoms with Crippen LogP contribution in [0.2, 0.25) is 0 Å². The molecule has 4 heteroatoms. The maximum atomic E-state index is 10.1. The van der Waals surface area contributed by atoms with Gasteiger partial charge in [-0.25, -0.2) is 6.42 Å². The Hall–Kier alpha value is 0.114. The average Bonchev–Trinajstić information content (AvgIpc) is 1.68. The zero-order valence-electron chi connectivity index (χ0n) is 4.42. The van der Waals surface area contributed by atoms with Gasteiger partial charge in [-0.3, -0.25) is 0 Å². The summed E-state index contributed by atoms with van der Waals surface area (Å²) in [6, 6.07) is 0. The van der Waals surface area contributed by atoms with Crippen molar-refractivity contribution in [2.24, 2.45) is 0 Å². The fourth-order valence-corrected chi connectivity index (χ4v) is 0.342. The third kappa shape index (κ3) is 1.09. The molecule has 1 heterocycles. The van der Waals surface area contributed by atoms with Gasteiger partial charge in [-0.1, -0.05) is 0 Å². The van der Waals surface area contributed by atoms with Crippen LogP contribution in [0.25, 0.3) is 0 Å². The van der Waals surface area contributed by atoms with E-state index in [2.05, 4.69) is 0 Å². The molecule has 1 saturated heterocycles. The zero-order valence-corrected chi connectivity index (χ0v) is 7.26. The molecule has 8 heavy (non-hydrogen) atoms. The van der Waals surface area contributed by atoms with E-state index in [-0.39, 0.29) is 44.5 Å². The summed E-state index contributed by atoms with van der Waals surface area (Å²) >= 11 is 0. The monoisotopic (exact) mass is 187 g/mol. The Morgan fingerprint density at radius 2 is 1.75 bits per heavy atom. The topological polar surface area (TPSA) is 37.4 Å². The van der Waals surface area contributed by atoms with E-state index in [4.69, 9.17) is 0 Å². The van der Waals surface area contributed by atoms with Crippen molar-refractivity contribution in [3.8, 4) is 0 Å². The van der Waals surface area contributed by atoms with E-state index in [1.165, 1.54) is 7.05 Å². The fourth-order valence-electron chi connectivity index (χ4n) is 0.342. The maximum Gasteiger partial charge on any atom is 0.0976 e. The van der Waals surface area contributed by atoms with E-state index in [0.29, 0.717) is 0 Å². The van der Waals surface area contributed by atoms with E-state index in [0.717, 1.165) is 11.3 Å². The Kier molecular flexibility index (Phi) is 2.64. The van der Waals surface area contributed by atoms with E-state index in [1.54, 1.807) is 0 Å². The van der Waals surface area contributed by atoms with Crippen LogP contribution in [0.4, 0.5) is 0 Å². The van der Waals surface area contributed by atoms with Gasteiger partial charge < -0.3 is 14.5 Å². The third-order valence-electron chi connectivity index (χ3n) is 0.908. The molecule has 0 aliphatic carbocycles. The van der Waals surface area contributed by atoms with Crippen molar-refractivity contribution in [3.05, 3.63) is 6.42 Å². The summed E-state index contributed by atoms with van der Waals surface area (Å²) in [5.74, 6) is -0.407. The first-order valence-electron chi connectivity index (χ1n) is 1.88. The minimum atomic E-state index is -0.204. The minimum Gasteiger partial charge on any atom is -0.335 e. The Labute approximate surface area is 72.3 Å². The zero-order chi connectivity index (χ0) is 5.44. The normalized spacial score (nSPS) is 16.4. The van der Waals surface area contributed by atoms with Gasteiger partial charge in [-0.2, -0.15) is 0 Å². The van der Waals surface area contributed by atoms with Crippen LogP contribution < -0.4 is 0 Å². The van der Waals surface area contributed by atoms with E-state index in [9.17, 15) is 9.59 Å². The summed E-state index contributed by atoms with van der Waals surface area (Å²) in [7, 11) is 1.45. The molecule has 2 amide bonds. The molecule has 0 saturated carbocycles. The molecule has 0 unspecified atom stereocenters. The van der Waals surface area contributed by atoms with Crippen LogP contribution in [0.1, 0.15) is 0 Å². The van der Waals surface area contributed by atoms with Crippen LogP contribution in [-0.4, -0.2) is 23.8 Å². The smallest absolute Gasteiger partial charge is 0.0976 e. The molecule has 1 aliphatic rings. The molecular formula is C4H4NO2Y-. The van der Waals surface area contributed by atoms with E-state index >= 15 is 0 Å². The van der Waals surface area contributed by atoms with Crippen LogP contribution in [-0.2, 0) is 42.3 Å². The Morgan fingerprint density at radius 1 is 1.38 bits per heavy atom. The Morgan fingerprint density at radius 3 is 1.75 bits per heavy atom. The maximum absolute atomic E-state index is 10.1.